The zero-order chi connectivity index (χ0) is 19.7. The molecule has 0 fully saturated rings. The second-order valence-electron chi connectivity index (χ2n) is 7.02. The van der Waals surface area contributed by atoms with Crippen LogP contribution in [0.2, 0.25) is 0 Å². The summed E-state index contributed by atoms with van der Waals surface area (Å²) in [7, 11) is 0. The Morgan fingerprint density at radius 1 is 1.04 bits per heavy atom. The number of amides is 2. The van der Waals surface area contributed by atoms with E-state index >= 15 is 0 Å². The molecule has 3 aromatic rings. The van der Waals surface area contributed by atoms with Gasteiger partial charge in [0.25, 0.3) is 5.91 Å². The van der Waals surface area contributed by atoms with Gasteiger partial charge in [-0.1, -0.05) is 30.3 Å². The van der Waals surface area contributed by atoms with E-state index in [1.165, 1.54) is 16.0 Å². The summed E-state index contributed by atoms with van der Waals surface area (Å²) in [6.07, 6.45) is 0. The molecule has 1 heterocycles. The lowest BCUT2D eigenvalue weighted by Gasteiger charge is -2.17. The molecule has 0 atom stereocenters. The fourth-order valence-corrected chi connectivity index (χ4v) is 3.50. The third-order valence-corrected chi connectivity index (χ3v) is 5.12. The Bertz CT molecular complexity index is 1070. The normalized spacial score (nSPS) is 12.5. The van der Waals surface area contributed by atoms with E-state index in [0.717, 1.165) is 22.2 Å². The van der Waals surface area contributed by atoms with E-state index < -0.39 is 0 Å². The van der Waals surface area contributed by atoms with Crippen molar-refractivity contribution in [1.82, 2.24) is 5.32 Å². The lowest BCUT2D eigenvalue weighted by atomic mass is 10.1. The number of carbonyl (C=O) groups excluding carboxylic acids is 2. The van der Waals surface area contributed by atoms with Gasteiger partial charge in [-0.2, -0.15) is 0 Å². The lowest BCUT2D eigenvalue weighted by molar-refractivity contribution is -0.119. The average molecular weight is 374 g/mol. The molecule has 5 heteroatoms. The Kier molecular flexibility index (Phi) is 4.74. The first-order chi connectivity index (χ1) is 13.5. The molecule has 0 bridgehead atoms. The zero-order valence-corrected chi connectivity index (χ0v) is 16.0. The van der Waals surface area contributed by atoms with Crippen molar-refractivity contribution >= 4 is 28.3 Å². The number of nitrogens with one attached hydrogen (secondary N) is 1. The van der Waals surface area contributed by atoms with Crippen LogP contribution in [0.5, 0.6) is 5.75 Å². The number of benzene rings is 3. The summed E-state index contributed by atoms with van der Waals surface area (Å²) in [4.78, 5) is 26.6. The molecule has 0 aromatic heterocycles. The lowest BCUT2D eigenvalue weighted by Crippen LogP contribution is -2.40. The van der Waals surface area contributed by atoms with Crippen LogP contribution >= 0.6 is 0 Å². The van der Waals surface area contributed by atoms with Crippen molar-refractivity contribution < 1.29 is 14.3 Å². The van der Waals surface area contributed by atoms with Gasteiger partial charge in [-0.3, -0.25) is 14.5 Å². The predicted molar refractivity (Wildman–Crippen MR) is 110 cm³/mol. The average Bonchev–Trinajstić information content (AvgIpc) is 2.96. The molecule has 2 amide bonds. The van der Waals surface area contributed by atoms with Crippen molar-refractivity contribution in [3.8, 4) is 5.75 Å². The number of hydrogen-bond donors (Lipinski definition) is 1. The number of anilines is 1. The first kappa shape index (κ1) is 18.0. The topological polar surface area (TPSA) is 58.6 Å². The van der Waals surface area contributed by atoms with Crippen LogP contribution in [0.25, 0.3) is 10.8 Å². The largest absolute Gasteiger partial charge is 0.492 e. The summed E-state index contributed by atoms with van der Waals surface area (Å²) < 4.78 is 5.69. The van der Waals surface area contributed by atoms with Gasteiger partial charge < -0.3 is 10.1 Å². The van der Waals surface area contributed by atoms with Gasteiger partial charge in [-0.25, -0.2) is 0 Å². The minimum Gasteiger partial charge on any atom is -0.492 e. The Morgan fingerprint density at radius 2 is 1.82 bits per heavy atom. The summed E-state index contributed by atoms with van der Waals surface area (Å²) in [6, 6.07) is 17.3. The van der Waals surface area contributed by atoms with E-state index in [1.807, 2.05) is 61.5 Å². The predicted octanol–water partition coefficient (Wildman–Crippen LogP) is 3.61. The molecule has 3 aromatic carbocycles. The number of ether oxygens (including phenoxy) is 1. The SMILES string of the molecule is Cc1ccc(OCCNC(=O)CN2C(=O)c3cccc4cccc2c34)cc1C. The van der Waals surface area contributed by atoms with E-state index in [1.54, 1.807) is 0 Å². The molecule has 142 valence electrons. The van der Waals surface area contributed by atoms with Gasteiger partial charge in [-0.15, -0.1) is 0 Å². The standard InChI is InChI=1S/C23H22N2O3/c1-15-9-10-18(13-16(15)2)28-12-11-24-21(26)14-25-20-8-4-6-17-5-3-7-19(22(17)20)23(25)27/h3-10,13H,11-12,14H2,1-2H3,(H,24,26). The molecular weight excluding hydrogens is 352 g/mol. The Hall–Kier alpha value is -3.34. The quantitative estimate of drug-likeness (QED) is 0.671. The number of aryl methyl sites for hydroxylation is 2. The Balaban J connectivity index is 1.34. The van der Waals surface area contributed by atoms with Crippen LogP contribution < -0.4 is 15.0 Å². The first-order valence-electron chi connectivity index (χ1n) is 9.35. The van der Waals surface area contributed by atoms with Gasteiger partial charge in [0.1, 0.15) is 18.9 Å². The number of hydrogen-bond acceptors (Lipinski definition) is 3. The third kappa shape index (κ3) is 3.31. The van der Waals surface area contributed by atoms with Crippen LogP contribution in [0.15, 0.2) is 54.6 Å². The Morgan fingerprint density at radius 3 is 2.61 bits per heavy atom. The monoisotopic (exact) mass is 374 g/mol. The number of nitrogens with zero attached hydrogens (tertiary/aromatic N) is 1. The molecule has 0 aliphatic carbocycles. The molecule has 28 heavy (non-hydrogen) atoms. The highest BCUT2D eigenvalue weighted by atomic mass is 16.5. The van der Waals surface area contributed by atoms with Crippen LogP contribution in [0.4, 0.5) is 5.69 Å². The van der Waals surface area contributed by atoms with Crippen molar-refractivity contribution in [2.45, 2.75) is 13.8 Å². The van der Waals surface area contributed by atoms with Gasteiger partial charge in [0.05, 0.1) is 12.2 Å². The maximum Gasteiger partial charge on any atom is 0.259 e. The van der Waals surface area contributed by atoms with Gasteiger partial charge in [0, 0.05) is 10.9 Å². The van der Waals surface area contributed by atoms with E-state index in [4.69, 9.17) is 4.74 Å². The smallest absolute Gasteiger partial charge is 0.259 e. The fourth-order valence-electron chi connectivity index (χ4n) is 3.50. The summed E-state index contributed by atoms with van der Waals surface area (Å²) in [6.45, 7) is 4.84. The molecule has 0 saturated carbocycles. The van der Waals surface area contributed by atoms with Crippen LogP contribution in [0.1, 0.15) is 21.5 Å². The van der Waals surface area contributed by atoms with Gasteiger partial charge in [0.15, 0.2) is 0 Å². The molecule has 0 radical (unpaired) electrons. The van der Waals surface area contributed by atoms with Gasteiger partial charge >= 0.3 is 0 Å². The van der Waals surface area contributed by atoms with Crippen molar-refractivity contribution in [2.24, 2.45) is 0 Å². The molecule has 0 spiro atoms. The summed E-state index contributed by atoms with van der Waals surface area (Å²) in [5, 5.41) is 4.75. The highest BCUT2D eigenvalue weighted by Crippen LogP contribution is 2.36. The van der Waals surface area contributed by atoms with Crippen molar-refractivity contribution in [1.29, 1.82) is 0 Å². The van der Waals surface area contributed by atoms with Crippen LogP contribution in [-0.4, -0.2) is 31.5 Å². The first-order valence-corrected chi connectivity index (χ1v) is 9.35. The summed E-state index contributed by atoms with van der Waals surface area (Å²) in [5.74, 6) is 0.448. The number of rotatable bonds is 6. The summed E-state index contributed by atoms with van der Waals surface area (Å²) >= 11 is 0. The molecule has 5 nitrogen and oxygen atoms in total. The molecule has 1 aliphatic heterocycles. The fraction of sp³-hybridized carbons (Fsp3) is 0.217. The van der Waals surface area contributed by atoms with E-state index in [0.29, 0.717) is 18.7 Å². The number of carbonyl (C=O) groups is 2. The summed E-state index contributed by atoms with van der Waals surface area (Å²) in [5.41, 5.74) is 3.83. The third-order valence-electron chi connectivity index (χ3n) is 5.12. The minimum atomic E-state index is -0.207. The maximum absolute atomic E-state index is 12.7. The molecule has 4 rings (SSSR count). The molecule has 1 aliphatic rings. The van der Waals surface area contributed by atoms with Gasteiger partial charge in [-0.05, 0) is 54.6 Å². The van der Waals surface area contributed by atoms with E-state index in [-0.39, 0.29) is 18.4 Å². The second kappa shape index (κ2) is 7.35. The maximum atomic E-state index is 12.7. The van der Waals surface area contributed by atoms with Crippen LogP contribution in [0.3, 0.4) is 0 Å². The van der Waals surface area contributed by atoms with E-state index in [9.17, 15) is 9.59 Å². The molecule has 0 saturated heterocycles. The zero-order valence-electron chi connectivity index (χ0n) is 16.0. The van der Waals surface area contributed by atoms with Crippen molar-refractivity contribution in [3.63, 3.8) is 0 Å². The van der Waals surface area contributed by atoms with Crippen LogP contribution in [-0.2, 0) is 4.79 Å². The molecular formula is C23H22N2O3. The minimum absolute atomic E-state index is 0.00370. The van der Waals surface area contributed by atoms with E-state index in [2.05, 4.69) is 12.2 Å². The highest BCUT2D eigenvalue weighted by Gasteiger charge is 2.30. The second-order valence-corrected chi connectivity index (χ2v) is 7.02. The molecule has 1 N–H and O–H groups in total. The molecule has 0 unspecified atom stereocenters. The van der Waals surface area contributed by atoms with Crippen molar-refractivity contribution in [3.05, 3.63) is 71.3 Å². The Labute approximate surface area is 163 Å². The van der Waals surface area contributed by atoms with Crippen molar-refractivity contribution in [2.75, 3.05) is 24.6 Å². The highest BCUT2D eigenvalue weighted by molar-refractivity contribution is 6.26. The van der Waals surface area contributed by atoms with Gasteiger partial charge in [0.2, 0.25) is 5.91 Å². The van der Waals surface area contributed by atoms with Crippen LogP contribution in [0, 0.1) is 13.8 Å².